The summed E-state index contributed by atoms with van der Waals surface area (Å²) in [6.07, 6.45) is 1.75. The SMILES string of the molecule is COCCCNC(=O)c1ccccc1NC(=O)c1ccc(CN(c2cccc(Cl)c2Cl)S(C)(=O)=O)cc1. The van der Waals surface area contributed by atoms with Crippen LogP contribution < -0.4 is 14.9 Å². The van der Waals surface area contributed by atoms with Crippen LogP contribution in [0.1, 0.15) is 32.7 Å². The van der Waals surface area contributed by atoms with E-state index in [9.17, 15) is 18.0 Å². The third-order valence-corrected chi connectivity index (χ3v) is 7.31. The van der Waals surface area contributed by atoms with Crippen LogP contribution in [0.15, 0.2) is 66.7 Å². The minimum Gasteiger partial charge on any atom is -0.385 e. The number of anilines is 2. The first-order valence-electron chi connectivity index (χ1n) is 11.3. The van der Waals surface area contributed by atoms with E-state index >= 15 is 0 Å². The minimum atomic E-state index is -3.68. The van der Waals surface area contributed by atoms with Crippen molar-refractivity contribution in [2.75, 3.05) is 36.1 Å². The van der Waals surface area contributed by atoms with E-state index in [4.69, 9.17) is 27.9 Å². The highest BCUT2D eigenvalue weighted by Crippen LogP contribution is 2.34. The van der Waals surface area contributed by atoms with Gasteiger partial charge >= 0.3 is 0 Å². The Morgan fingerprint density at radius 3 is 2.32 bits per heavy atom. The normalized spacial score (nSPS) is 11.1. The molecule has 0 saturated carbocycles. The van der Waals surface area contributed by atoms with Crippen LogP contribution >= 0.6 is 23.2 Å². The highest BCUT2D eigenvalue weighted by Gasteiger charge is 2.22. The number of carbonyl (C=O) groups excluding carboxylic acids is 2. The topological polar surface area (TPSA) is 105 Å². The molecule has 3 rings (SSSR count). The van der Waals surface area contributed by atoms with Crippen molar-refractivity contribution in [3.63, 3.8) is 0 Å². The summed E-state index contributed by atoms with van der Waals surface area (Å²) < 4.78 is 31.1. The number of carbonyl (C=O) groups is 2. The predicted molar refractivity (Wildman–Crippen MR) is 147 cm³/mol. The Morgan fingerprint density at radius 2 is 1.65 bits per heavy atom. The molecule has 196 valence electrons. The van der Waals surface area contributed by atoms with E-state index < -0.39 is 15.9 Å². The summed E-state index contributed by atoms with van der Waals surface area (Å²) in [6.45, 7) is 0.969. The molecule has 0 spiro atoms. The zero-order chi connectivity index (χ0) is 27.0. The van der Waals surface area contributed by atoms with Crippen LogP contribution in [-0.2, 0) is 21.3 Å². The van der Waals surface area contributed by atoms with Gasteiger partial charge in [0, 0.05) is 25.8 Å². The van der Waals surface area contributed by atoms with Gasteiger partial charge in [0.05, 0.1) is 39.8 Å². The number of methoxy groups -OCH3 is 1. The van der Waals surface area contributed by atoms with Gasteiger partial charge in [-0.25, -0.2) is 8.42 Å². The van der Waals surface area contributed by atoms with Crippen molar-refractivity contribution in [3.8, 4) is 0 Å². The number of benzene rings is 3. The Morgan fingerprint density at radius 1 is 0.946 bits per heavy atom. The number of amides is 2. The lowest BCUT2D eigenvalue weighted by molar-refractivity contribution is 0.0949. The second-order valence-electron chi connectivity index (χ2n) is 8.14. The van der Waals surface area contributed by atoms with Gasteiger partial charge in [0.1, 0.15) is 0 Å². The van der Waals surface area contributed by atoms with Gasteiger partial charge in [0.2, 0.25) is 10.0 Å². The van der Waals surface area contributed by atoms with E-state index in [0.717, 1.165) is 10.6 Å². The molecule has 0 saturated heterocycles. The number of sulfonamides is 1. The van der Waals surface area contributed by atoms with E-state index in [1.165, 1.54) is 0 Å². The first-order valence-corrected chi connectivity index (χ1v) is 13.9. The fourth-order valence-electron chi connectivity index (χ4n) is 3.49. The highest BCUT2D eigenvalue weighted by molar-refractivity contribution is 7.92. The summed E-state index contributed by atoms with van der Waals surface area (Å²) in [6, 6.07) is 17.9. The Labute approximate surface area is 226 Å². The molecule has 3 aromatic carbocycles. The average Bonchev–Trinajstić information content (AvgIpc) is 2.87. The van der Waals surface area contributed by atoms with Gasteiger partial charge in [0.15, 0.2) is 0 Å². The molecular formula is C26H27Cl2N3O5S. The molecule has 0 heterocycles. The third kappa shape index (κ3) is 7.69. The summed E-state index contributed by atoms with van der Waals surface area (Å²) in [5.74, 6) is -0.716. The van der Waals surface area contributed by atoms with E-state index in [-0.39, 0.29) is 28.2 Å². The monoisotopic (exact) mass is 563 g/mol. The van der Waals surface area contributed by atoms with E-state index in [2.05, 4.69) is 10.6 Å². The smallest absolute Gasteiger partial charge is 0.255 e. The lowest BCUT2D eigenvalue weighted by Gasteiger charge is -2.24. The fourth-order valence-corrected chi connectivity index (χ4v) is 4.83. The van der Waals surface area contributed by atoms with Crippen LogP contribution in [0.25, 0.3) is 0 Å². The molecule has 0 unspecified atom stereocenters. The molecule has 0 atom stereocenters. The molecule has 8 nitrogen and oxygen atoms in total. The molecule has 37 heavy (non-hydrogen) atoms. The molecule has 2 amide bonds. The molecule has 0 radical (unpaired) electrons. The average molecular weight is 564 g/mol. The number of hydrogen-bond donors (Lipinski definition) is 2. The first kappa shape index (κ1) is 28.5. The van der Waals surface area contributed by atoms with Gasteiger partial charge in [-0.05, 0) is 48.4 Å². The number of nitrogens with zero attached hydrogens (tertiary/aromatic N) is 1. The second-order valence-corrected chi connectivity index (χ2v) is 10.8. The van der Waals surface area contributed by atoms with Crippen LogP contribution in [0.5, 0.6) is 0 Å². The van der Waals surface area contributed by atoms with E-state index in [0.29, 0.717) is 42.0 Å². The van der Waals surface area contributed by atoms with Crippen molar-refractivity contribution in [2.24, 2.45) is 0 Å². The van der Waals surface area contributed by atoms with Gasteiger partial charge in [-0.15, -0.1) is 0 Å². The first-order chi connectivity index (χ1) is 17.6. The van der Waals surface area contributed by atoms with Crippen molar-refractivity contribution >= 4 is 56.4 Å². The molecule has 11 heteroatoms. The van der Waals surface area contributed by atoms with Crippen molar-refractivity contribution in [1.82, 2.24) is 5.32 Å². The number of nitrogens with one attached hydrogen (secondary N) is 2. The van der Waals surface area contributed by atoms with E-state index in [1.807, 2.05) is 0 Å². The number of halogens is 2. The van der Waals surface area contributed by atoms with Crippen LogP contribution in [0.4, 0.5) is 11.4 Å². The molecule has 0 bridgehead atoms. The summed E-state index contributed by atoms with van der Waals surface area (Å²) in [5, 5.41) is 5.95. The van der Waals surface area contributed by atoms with Gasteiger partial charge in [0.25, 0.3) is 11.8 Å². The van der Waals surface area contributed by atoms with Gasteiger partial charge in [-0.3, -0.25) is 13.9 Å². The number of ether oxygens (including phenoxy) is 1. The van der Waals surface area contributed by atoms with Gasteiger partial charge in [-0.2, -0.15) is 0 Å². The molecule has 2 N–H and O–H groups in total. The zero-order valence-electron chi connectivity index (χ0n) is 20.3. The standard InChI is InChI=1S/C26H27Cl2N3O5S/c1-36-16-6-15-29-26(33)20-7-3-4-9-22(20)30-25(32)19-13-11-18(12-14-19)17-31(37(2,34)35)23-10-5-8-21(27)24(23)28/h3-5,7-14H,6,15-17H2,1-2H3,(H,29,33)(H,30,32). The number of para-hydroxylation sites is 1. The van der Waals surface area contributed by atoms with Crippen molar-refractivity contribution < 1.29 is 22.7 Å². The van der Waals surface area contributed by atoms with Crippen LogP contribution in [-0.4, -0.2) is 46.7 Å². The molecule has 0 aliphatic carbocycles. The van der Waals surface area contributed by atoms with Crippen molar-refractivity contribution in [1.29, 1.82) is 0 Å². The Hall–Kier alpha value is -3.11. The van der Waals surface area contributed by atoms with Crippen LogP contribution in [0.3, 0.4) is 0 Å². The maximum absolute atomic E-state index is 12.9. The molecule has 0 aliphatic rings. The Bertz CT molecular complexity index is 1360. The summed E-state index contributed by atoms with van der Waals surface area (Å²) in [7, 11) is -2.09. The van der Waals surface area contributed by atoms with Crippen molar-refractivity contribution in [3.05, 3.63) is 93.5 Å². The molecular weight excluding hydrogens is 537 g/mol. The minimum absolute atomic E-state index is 0.00707. The summed E-state index contributed by atoms with van der Waals surface area (Å²) >= 11 is 12.3. The van der Waals surface area contributed by atoms with Gasteiger partial charge in [-0.1, -0.05) is 53.5 Å². The molecule has 0 aromatic heterocycles. The molecule has 3 aromatic rings. The third-order valence-electron chi connectivity index (χ3n) is 5.37. The van der Waals surface area contributed by atoms with Crippen LogP contribution in [0.2, 0.25) is 10.0 Å². The lowest BCUT2D eigenvalue weighted by atomic mass is 10.1. The summed E-state index contributed by atoms with van der Waals surface area (Å²) in [5.41, 5.74) is 1.95. The highest BCUT2D eigenvalue weighted by atomic mass is 35.5. The number of hydrogen-bond acceptors (Lipinski definition) is 5. The Balaban J connectivity index is 1.74. The zero-order valence-corrected chi connectivity index (χ0v) is 22.7. The molecule has 0 aliphatic heterocycles. The Kier molecular flexibility index (Phi) is 9.93. The quantitative estimate of drug-likeness (QED) is 0.320. The van der Waals surface area contributed by atoms with Crippen molar-refractivity contribution in [2.45, 2.75) is 13.0 Å². The molecule has 0 fully saturated rings. The maximum Gasteiger partial charge on any atom is 0.255 e. The lowest BCUT2D eigenvalue weighted by Crippen LogP contribution is -2.29. The largest absolute Gasteiger partial charge is 0.385 e. The van der Waals surface area contributed by atoms with E-state index in [1.54, 1.807) is 73.8 Å². The maximum atomic E-state index is 12.9. The van der Waals surface area contributed by atoms with Gasteiger partial charge < -0.3 is 15.4 Å². The van der Waals surface area contributed by atoms with Crippen LogP contribution in [0, 0.1) is 0 Å². The predicted octanol–water partition coefficient (Wildman–Crippen LogP) is 4.98. The second kappa shape index (κ2) is 12.9. The fraction of sp³-hybridized carbons (Fsp3) is 0.231. The summed E-state index contributed by atoms with van der Waals surface area (Å²) in [4.78, 5) is 25.4. The number of rotatable bonds is 11.